The van der Waals surface area contributed by atoms with Crippen molar-refractivity contribution >= 4 is 78.7 Å². The summed E-state index contributed by atoms with van der Waals surface area (Å²) >= 11 is 17.6. The highest BCUT2D eigenvalue weighted by Crippen LogP contribution is 2.30. The van der Waals surface area contributed by atoms with E-state index >= 15 is 0 Å². The third-order valence-electron chi connectivity index (χ3n) is 10.2. The summed E-state index contributed by atoms with van der Waals surface area (Å²) in [6.07, 6.45) is 0. The van der Waals surface area contributed by atoms with Gasteiger partial charge in [-0.3, -0.25) is 9.35 Å². The van der Waals surface area contributed by atoms with Crippen LogP contribution in [0.2, 0.25) is 15.1 Å². The van der Waals surface area contributed by atoms with Crippen molar-refractivity contribution in [1.29, 1.82) is 10.5 Å². The molecular weight excluding hydrogens is 995 g/mol. The molecule has 1 heterocycles. The summed E-state index contributed by atoms with van der Waals surface area (Å²) in [5.41, 5.74) is 19.8. The van der Waals surface area contributed by atoms with Gasteiger partial charge in [0.25, 0.3) is 10.1 Å². The molecule has 0 aliphatic carbocycles. The molecule has 8 rings (SSSR count). The average molecular weight is 1050 g/mol. The second-order valence-electron chi connectivity index (χ2n) is 15.3. The van der Waals surface area contributed by atoms with E-state index in [4.69, 9.17) is 75.6 Å². The van der Waals surface area contributed by atoms with Crippen molar-refractivity contribution in [3.63, 3.8) is 0 Å². The van der Waals surface area contributed by atoms with Crippen LogP contribution >= 0.6 is 34.8 Å². The Labute approximate surface area is 434 Å². The van der Waals surface area contributed by atoms with Crippen molar-refractivity contribution in [2.45, 2.75) is 31.7 Å². The number of nitrogens with zero attached hydrogens (tertiary/aromatic N) is 3. The van der Waals surface area contributed by atoms with Crippen LogP contribution in [-0.4, -0.2) is 45.1 Å². The quantitative estimate of drug-likeness (QED) is 0.0600. The molecular formula is C55H51Cl3N6O7S. The summed E-state index contributed by atoms with van der Waals surface area (Å²) in [5.74, 6) is 2.48. The normalized spacial score (nSPS) is 10.6. The number of anilines is 3. The number of pyridine rings is 1. The maximum Gasteiger partial charge on any atom is 0.294 e. The number of nitrogen functional groups attached to an aromatic ring is 2. The van der Waals surface area contributed by atoms with E-state index in [-0.39, 0.29) is 16.7 Å². The summed E-state index contributed by atoms with van der Waals surface area (Å²) in [7, 11) is 0.863. The van der Waals surface area contributed by atoms with Gasteiger partial charge < -0.3 is 31.0 Å². The van der Waals surface area contributed by atoms with E-state index in [2.05, 4.69) is 16.4 Å². The average Bonchev–Trinajstić information content (AvgIpc) is 3.37. The number of carbonyl (C=O) groups is 1. The van der Waals surface area contributed by atoms with Crippen LogP contribution in [0.25, 0.3) is 22.2 Å². The number of methoxy groups -OCH3 is 3. The number of Topliss-reactive ketones (excluding diaryl/α,β-unsaturated/α-hetero) is 1. The van der Waals surface area contributed by atoms with Gasteiger partial charge in [-0.2, -0.15) is 18.9 Å². The monoisotopic (exact) mass is 1040 g/mol. The van der Waals surface area contributed by atoms with E-state index in [0.29, 0.717) is 43.1 Å². The predicted octanol–water partition coefficient (Wildman–Crippen LogP) is 13.5. The number of nitriles is 2. The fraction of sp³-hybridized carbons (Fsp3) is 0.127. The van der Waals surface area contributed by atoms with Crippen molar-refractivity contribution in [2.24, 2.45) is 0 Å². The van der Waals surface area contributed by atoms with Crippen LogP contribution < -0.4 is 31.0 Å². The van der Waals surface area contributed by atoms with Crippen molar-refractivity contribution in [1.82, 2.24) is 4.98 Å². The maximum atomic E-state index is 10.8. The van der Waals surface area contributed by atoms with Gasteiger partial charge in [-0.1, -0.05) is 64.6 Å². The molecule has 7 aromatic carbocycles. The number of ether oxygens (including phenoxy) is 3. The van der Waals surface area contributed by atoms with Gasteiger partial charge in [-0.25, -0.2) is 4.98 Å². The summed E-state index contributed by atoms with van der Waals surface area (Å²) in [6.45, 7) is 5.42. The summed E-state index contributed by atoms with van der Waals surface area (Å²) < 4.78 is 44.8. The summed E-state index contributed by atoms with van der Waals surface area (Å²) in [6, 6.07) is 50.1. The Hall–Kier alpha value is -7.82. The van der Waals surface area contributed by atoms with E-state index in [1.807, 2.05) is 92.7 Å². The van der Waals surface area contributed by atoms with E-state index in [1.54, 1.807) is 101 Å². The predicted molar refractivity (Wildman–Crippen MR) is 289 cm³/mol. The number of fused-ring (bicyclic) bond motifs is 1. The van der Waals surface area contributed by atoms with Crippen LogP contribution in [0, 0.1) is 29.6 Å². The zero-order valence-corrected chi connectivity index (χ0v) is 43.1. The molecule has 0 saturated carbocycles. The van der Waals surface area contributed by atoms with Crippen molar-refractivity contribution in [3.05, 3.63) is 201 Å². The van der Waals surface area contributed by atoms with Crippen molar-refractivity contribution in [3.8, 4) is 40.6 Å². The van der Waals surface area contributed by atoms with Crippen LogP contribution in [0.1, 0.15) is 52.5 Å². The molecule has 0 radical (unpaired) electrons. The minimum Gasteiger partial charge on any atom is -0.497 e. The zero-order valence-electron chi connectivity index (χ0n) is 40.0. The first-order valence-corrected chi connectivity index (χ1v) is 24.1. The minimum atomic E-state index is -4.02. The lowest BCUT2D eigenvalue weighted by Crippen LogP contribution is -2.07. The van der Waals surface area contributed by atoms with Gasteiger partial charge in [0.15, 0.2) is 5.78 Å². The topological polar surface area (TPSA) is 224 Å². The van der Waals surface area contributed by atoms with Crippen LogP contribution in [0.15, 0.2) is 163 Å². The lowest BCUT2D eigenvalue weighted by atomic mass is 10.1. The Balaban J connectivity index is 0.000000202. The molecule has 1 atom stereocenters. The largest absolute Gasteiger partial charge is 0.497 e. The van der Waals surface area contributed by atoms with Crippen LogP contribution in [-0.2, 0) is 10.1 Å². The number of hydrogen-bond donors (Lipinski definition) is 4. The van der Waals surface area contributed by atoms with Gasteiger partial charge in [-0.15, -0.1) is 0 Å². The Morgan fingerprint density at radius 2 is 1.14 bits per heavy atom. The first kappa shape index (κ1) is 56.8. The Kier molecular flexibility index (Phi) is 21.7. The molecule has 13 nitrogen and oxygen atoms in total. The number of nitrogens with one attached hydrogen (secondary N) is 1. The van der Waals surface area contributed by atoms with E-state index in [1.165, 1.54) is 12.1 Å². The highest BCUT2D eigenvalue weighted by Gasteiger charge is 2.11. The number of rotatable bonds is 9. The maximum absolute atomic E-state index is 10.8. The number of aryl methyl sites for hydroxylation is 1. The molecule has 0 amide bonds. The van der Waals surface area contributed by atoms with Gasteiger partial charge in [0.05, 0.1) is 59.9 Å². The van der Waals surface area contributed by atoms with Gasteiger partial charge in [-0.05, 0) is 160 Å². The third-order valence-corrected chi connectivity index (χ3v) is 11.8. The Morgan fingerprint density at radius 3 is 1.64 bits per heavy atom. The highest BCUT2D eigenvalue weighted by molar-refractivity contribution is 7.85. The van der Waals surface area contributed by atoms with Crippen molar-refractivity contribution in [2.75, 3.05) is 38.1 Å². The molecule has 0 bridgehead atoms. The molecule has 72 heavy (non-hydrogen) atoms. The number of hydrogen-bond acceptors (Lipinski definition) is 12. The second-order valence-corrected chi connectivity index (χ2v) is 18.1. The fourth-order valence-corrected chi connectivity index (χ4v) is 7.25. The number of carbonyl (C=O) groups excluding carboxylic acids is 1. The molecule has 0 saturated heterocycles. The molecule has 0 spiro atoms. The summed E-state index contributed by atoms with van der Waals surface area (Å²) in [4.78, 5) is 15.4. The van der Waals surface area contributed by atoms with Crippen LogP contribution in [0.4, 0.5) is 17.1 Å². The number of ketones is 1. The van der Waals surface area contributed by atoms with Gasteiger partial charge in [0, 0.05) is 43.3 Å². The lowest BCUT2D eigenvalue weighted by Gasteiger charge is -2.17. The van der Waals surface area contributed by atoms with Crippen LogP contribution in [0.3, 0.4) is 0 Å². The molecule has 1 aromatic heterocycles. The number of halogens is 3. The SMILES string of the molecule is COc1ccc(-c2cc(N)c3ccc(Cl)cc3n2)cc1.COc1ccc(C(C)=O)cc1.COc1ccc(C(C)Nc2cc(Cl)ccc2C#N)cc1.Cc1ccc(S(=O)(=O)O)cc1.N#Cc1ccc(Cl)cc1N. The number of nitrogens with two attached hydrogens (primary N) is 2. The molecule has 1 unspecified atom stereocenters. The van der Waals surface area contributed by atoms with Gasteiger partial charge >= 0.3 is 0 Å². The molecule has 0 aliphatic heterocycles. The molecule has 370 valence electrons. The van der Waals surface area contributed by atoms with E-state index in [0.717, 1.165) is 56.2 Å². The highest BCUT2D eigenvalue weighted by atomic mass is 35.5. The number of benzene rings is 7. The minimum absolute atomic E-state index is 0.0615. The molecule has 0 aliphatic rings. The molecule has 8 aromatic rings. The Morgan fingerprint density at radius 1 is 0.653 bits per heavy atom. The smallest absolute Gasteiger partial charge is 0.294 e. The second kappa shape index (κ2) is 27.5. The van der Waals surface area contributed by atoms with Gasteiger partial charge in [0.2, 0.25) is 0 Å². The molecule has 0 fully saturated rings. The van der Waals surface area contributed by atoms with E-state index in [9.17, 15) is 13.2 Å². The third kappa shape index (κ3) is 17.5. The standard InChI is InChI=1S/C16H13ClN2O.C16H15ClN2O.C9H10O2.C7H5ClN2.C7H8O3S/c1-20-12-5-2-10(3-6-12)15-9-14(18)13-7-4-11(17)8-16(13)19-15;1-11(12-4-7-15(20-2)8-5-12)19-16-9-14(17)6-3-13(16)10-18;1-7(10)8-3-5-9(11-2)6-4-8;8-6-2-1-5(4-9)7(10)3-6;1-6-2-4-7(5-3-6)11(8,9)10/h2-9H,1H3,(H2,18,19);3-9,11,19H,1-2H3;3-6H,1-2H3;1-3H,10H2;2-5H,1H3,(H,8,9,10). The summed E-state index contributed by atoms with van der Waals surface area (Å²) in [5, 5.41) is 23.6. The molecule has 6 N–H and O–H groups in total. The van der Waals surface area contributed by atoms with E-state index < -0.39 is 10.1 Å². The van der Waals surface area contributed by atoms with Gasteiger partial charge in [0.1, 0.15) is 29.4 Å². The Bertz CT molecular complexity index is 3280. The first-order chi connectivity index (χ1) is 34.3. The first-order valence-electron chi connectivity index (χ1n) is 21.5. The van der Waals surface area contributed by atoms with Crippen LogP contribution in [0.5, 0.6) is 17.2 Å². The zero-order chi connectivity index (χ0) is 53.0. The lowest BCUT2D eigenvalue weighted by molar-refractivity contribution is 0.101. The van der Waals surface area contributed by atoms with Crippen molar-refractivity contribution < 1.29 is 32.0 Å². The molecule has 17 heteroatoms. The number of aromatic nitrogens is 1. The fourth-order valence-electron chi connectivity index (χ4n) is 6.25.